The number of amides is 1. The highest BCUT2D eigenvalue weighted by Gasteiger charge is 2.28. The maximum atomic E-state index is 11.5. The van der Waals surface area contributed by atoms with Crippen molar-refractivity contribution in [3.63, 3.8) is 0 Å². The molecular formula is C12H13BrClNO3. The summed E-state index contributed by atoms with van der Waals surface area (Å²) in [6, 6.07) is 3.83. The van der Waals surface area contributed by atoms with E-state index in [1.807, 2.05) is 0 Å². The predicted octanol–water partition coefficient (Wildman–Crippen LogP) is 3.10. The van der Waals surface area contributed by atoms with Gasteiger partial charge in [0.2, 0.25) is 5.91 Å². The topological polar surface area (TPSA) is 57.6 Å². The molecule has 0 saturated heterocycles. The normalized spacial score (nSPS) is 12.0. The van der Waals surface area contributed by atoms with Gasteiger partial charge in [0.25, 0.3) is 0 Å². The molecule has 0 heterocycles. The SMILES string of the molecule is CCN(C(C)=O)C(C(=O)O)c1ccc(Cl)c(Br)c1. The molecule has 1 atom stereocenters. The van der Waals surface area contributed by atoms with Crippen molar-refractivity contribution in [2.75, 3.05) is 6.54 Å². The van der Waals surface area contributed by atoms with Gasteiger partial charge in [-0.3, -0.25) is 4.79 Å². The van der Waals surface area contributed by atoms with Crippen LogP contribution in [0.2, 0.25) is 5.02 Å². The molecule has 1 rings (SSSR count). The first-order valence-electron chi connectivity index (χ1n) is 5.33. The van der Waals surface area contributed by atoms with E-state index in [0.717, 1.165) is 0 Å². The maximum Gasteiger partial charge on any atom is 0.331 e. The Kier molecular flexibility index (Phi) is 5.16. The van der Waals surface area contributed by atoms with Gasteiger partial charge in [0.05, 0.1) is 5.02 Å². The van der Waals surface area contributed by atoms with E-state index in [2.05, 4.69) is 15.9 Å². The summed E-state index contributed by atoms with van der Waals surface area (Å²) in [6.07, 6.45) is 0. The first kappa shape index (κ1) is 15.0. The summed E-state index contributed by atoms with van der Waals surface area (Å²) in [6.45, 7) is 3.42. The van der Waals surface area contributed by atoms with Crippen LogP contribution in [0.5, 0.6) is 0 Å². The Morgan fingerprint density at radius 3 is 2.50 bits per heavy atom. The lowest BCUT2D eigenvalue weighted by Crippen LogP contribution is -2.37. The van der Waals surface area contributed by atoms with Gasteiger partial charge in [-0.15, -0.1) is 0 Å². The average Bonchev–Trinajstić information content (AvgIpc) is 2.28. The van der Waals surface area contributed by atoms with Crippen LogP contribution in [0, 0.1) is 0 Å². The molecule has 98 valence electrons. The highest BCUT2D eigenvalue weighted by molar-refractivity contribution is 9.10. The first-order valence-corrected chi connectivity index (χ1v) is 6.50. The lowest BCUT2D eigenvalue weighted by molar-refractivity contribution is -0.149. The molecule has 0 saturated carbocycles. The van der Waals surface area contributed by atoms with Gasteiger partial charge in [0.1, 0.15) is 0 Å². The lowest BCUT2D eigenvalue weighted by Gasteiger charge is -2.27. The van der Waals surface area contributed by atoms with Gasteiger partial charge in [0, 0.05) is 17.9 Å². The van der Waals surface area contributed by atoms with Crippen LogP contribution in [0.15, 0.2) is 22.7 Å². The fourth-order valence-corrected chi connectivity index (χ4v) is 2.24. The standard InChI is InChI=1S/C12H13BrClNO3/c1-3-15(7(2)16)11(12(17)18)8-4-5-10(14)9(13)6-8/h4-6,11H,3H2,1-2H3,(H,17,18). The van der Waals surface area contributed by atoms with Crippen molar-refractivity contribution in [3.8, 4) is 0 Å². The van der Waals surface area contributed by atoms with Crippen LogP contribution in [-0.4, -0.2) is 28.4 Å². The van der Waals surface area contributed by atoms with Gasteiger partial charge < -0.3 is 10.0 Å². The quantitative estimate of drug-likeness (QED) is 0.920. The van der Waals surface area contributed by atoms with E-state index in [0.29, 0.717) is 21.6 Å². The van der Waals surface area contributed by atoms with E-state index in [4.69, 9.17) is 11.6 Å². The third-order valence-electron chi connectivity index (χ3n) is 2.55. The second-order valence-electron chi connectivity index (χ2n) is 3.72. The number of hydrogen-bond acceptors (Lipinski definition) is 2. The fourth-order valence-electron chi connectivity index (χ4n) is 1.73. The van der Waals surface area contributed by atoms with Crippen LogP contribution < -0.4 is 0 Å². The zero-order valence-corrected chi connectivity index (χ0v) is 12.3. The smallest absolute Gasteiger partial charge is 0.331 e. The van der Waals surface area contributed by atoms with Gasteiger partial charge in [-0.05, 0) is 40.5 Å². The number of carboxylic acid groups (broad SMARTS) is 1. The van der Waals surface area contributed by atoms with Gasteiger partial charge in [-0.2, -0.15) is 0 Å². The molecule has 4 nitrogen and oxygen atoms in total. The van der Waals surface area contributed by atoms with Gasteiger partial charge in [-0.25, -0.2) is 4.79 Å². The van der Waals surface area contributed by atoms with Crippen molar-refractivity contribution in [1.29, 1.82) is 0 Å². The largest absolute Gasteiger partial charge is 0.479 e. The van der Waals surface area contributed by atoms with E-state index >= 15 is 0 Å². The summed E-state index contributed by atoms with van der Waals surface area (Å²) in [5.41, 5.74) is 0.510. The first-order chi connectivity index (χ1) is 8.38. The van der Waals surface area contributed by atoms with Gasteiger partial charge in [-0.1, -0.05) is 17.7 Å². The molecule has 1 aromatic rings. The van der Waals surface area contributed by atoms with E-state index in [1.165, 1.54) is 11.8 Å². The average molecular weight is 335 g/mol. The Balaban J connectivity index is 3.23. The summed E-state index contributed by atoms with van der Waals surface area (Å²) in [4.78, 5) is 24.1. The minimum Gasteiger partial charge on any atom is -0.479 e. The molecule has 18 heavy (non-hydrogen) atoms. The summed E-state index contributed by atoms with van der Waals surface area (Å²) in [7, 11) is 0. The van der Waals surface area contributed by atoms with Crippen LogP contribution in [-0.2, 0) is 9.59 Å². The molecule has 0 bridgehead atoms. The zero-order chi connectivity index (χ0) is 13.9. The van der Waals surface area contributed by atoms with E-state index in [1.54, 1.807) is 25.1 Å². The van der Waals surface area contributed by atoms with E-state index in [9.17, 15) is 14.7 Å². The molecule has 1 aromatic carbocycles. The molecule has 6 heteroatoms. The molecule has 1 amide bonds. The number of carboxylic acids is 1. The molecule has 0 fully saturated rings. The highest BCUT2D eigenvalue weighted by Crippen LogP contribution is 2.29. The second kappa shape index (κ2) is 6.20. The summed E-state index contributed by atoms with van der Waals surface area (Å²) in [5.74, 6) is -1.35. The molecular weight excluding hydrogens is 321 g/mol. The number of benzene rings is 1. The lowest BCUT2D eigenvalue weighted by atomic mass is 10.1. The second-order valence-corrected chi connectivity index (χ2v) is 4.98. The number of hydrogen-bond donors (Lipinski definition) is 1. The van der Waals surface area contributed by atoms with Crippen LogP contribution in [0.1, 0.15) is 25.5 Å². The molecule has 0 aromatic heterocycles. The Morgan fingerprint density at radius 1 is 1.50 bits per heavy atom. The highest BCUT2D eigenvalue weighted by atomic mass is 79.9. The van der Waals surface area contributed by atoms with Crippen LogP contribution in [0.4, 0.5) is 0 Å². The molecule has 0 aliphatic carbocycles. The Bertz CT molecular complexity index is 478. The number of halogens is 2. The Morgan fingerprint density at radius 2 is 2.11 bits per heavy atom. The fraction of sp³-hybridized carbons (Fsp3) is 0.333. The zero-order valence-electron chi connectivity index (χ0n) is 9.98. The van der Waals surface area contributed by atoms with Crippen molar-refractivity contribution in [2.24, 2.45) is 0 Å². The van der Waals surface area contributed by atoms with Crippen molar-refractivity contribution < 1.29 is 14.7 Å². The number of rotatable bonds is 4. The Hall–Kier alpha value is -1.07. The summed E-state index contributed by atoms with van der Waals surface area (Å²) in [5, 5.41) is 9.79. The third-order valence-corrected chi connectivity index (χ3v) is 3.76. The molecule has 0 aliphatic rings. The van der Waals surface area contributed by atoms with E-state index in [-0.39, 0.29) is 5.91 Å². The van der Waals surface area contributed by atoms with Crippen LogP contribution in [0.3, 0.4) is 0 Å². The maximum absolute atomic E-state index is 11.5. The molecule has 0 spiro atoms. The van der Waals surface area contributed by atoms with E-state index < -0.39 is 12.0 Å². The van der Waals surface area contributed by atoms with Crippen molar-refractivity contribution in [1.82, 2.24) is 4.90 Å². The summed E-state index contributed by atoms with van der Waals surface area (Å²) < 4.78 is 0.604. The summed E-state index contributed by atoms with van der Waals surface area (Å²) >= 11 is 9.11. The monoisotopic (exact) mass is 333 g/mol. The Labute approximate surface area is 119 Å². The number of likely N-dealkylation sites (N-methyl/N-ethyl adjacent to an activating group) is 1. The minimum atomic E-state index is -1.07. The van der Waals surface area contributed by atoms with Crippen LogP contribution >= 0.6 is 27.5 Å². The molecule has 0 aliphatic heterocycles. The minimum absolute atomic E-state index is 0.282. The number of carbonyl (C=O) groups excluding carboxylic acids is 1. The predicted molar refractivity (Wildman–Crippen MR) is 72.6 cm³/mol. The van der Waals surface area contributed by atoms with Crippen molar-refractivity contribution in [2.45, 2.75) is 19.9 Å². The number of carbonyl (C=O) groups is 2. The van der Waals surface area contributed by atoms with Crippen LogP contribution in [0.25, 0.3) is 0 Å². The van der Waals surface area contributed by atoms with Crippen molar-refractivity contribution >= 4 is 39.4 Å². The van der Waals surface area contributed by atoms with Gasteiger partial charge >= 0.3 is 5.97 Å². The molecule has 1 unspecified atom stereocenters. The molecule has 1 N–H and O–H groups in total. The number of nitrogens with zero attached hydrogens (tertiary/aromatic N) is 1. The molecule has 0 radical (unpaired) electrons. The number of aliphatic carboxylic acids is 1. The van der Waals surface area contributed by atoms with Crippen molar-refractivity contribution in [3.05, 3.63) is 33.3 Å². The third kappa shape index (κ3) is 3.23. The van der Waals surface area contributed by atoms with Gasteiger partial charge in [0.15, 0.2) is 6.04 Å².